The molecule has 1 amide bonds. The number of carbonyl (C=O) groups is 1. The molecule has 0 bridgehead atoms. The zero-order chi connectivity index (χ0) is 21.6. The molecule has 4 rings (SSSR count). The van der Waals surface area contributed by atoms with Crippen molar-refractivity contribution >= 4 is 35.0 Å². The van der Waals surface area contributed by atoms with Crippen molar-refractivity contribution in [3.05, 3.63) is 106 Å². The fourth-order valence-electron chi connectivity index (χ4n) is 3.01. The van der Waals surface area contributed by atoms with Crippen molar-refractivity contribution in [2.75, 3.05) is 5.32 Å². The maximum atomic E-state index is 13.1. The van der Waals surface area contributed by atoms with Gasteiger partial charge in [-0.05, 0) is 47.5 Å². The minimum atomic E-state index is -0.564. The summed E-state index contributed by atoms with van der Waals surface area (Å²) in [6.07, 6.45) is 0.540. The standard InChI is InChI=1S/C24H20ClN3O2S/c1-16-12-13-19(15-20(16)25)26-23(29)22(18-10-6-3-7-11-18)31-24-28-27-21(30-24)14-17-8-4-2-5-9-17/h2-13,15,22H,14H2,1H3,(H,26,29)/t22-/m0/s1. The molecule has 3 aromatic carbocycles. The van der Waals surface area contributed by atoms with Crippen molar-refractivity contribution in [1.82, 2.24) is 10.2 Å². The number of carbonyl (C=O) groups excluding carboxylic acids is 1. The van der Waals surface area contributed by atoms with E-state index in [0.29, 0.717) is 28.2 Å². The van der Waals surface area contributed by atoms with Gasteiger partial charge in [-0.3, -0.25) is 4.79 Å². The van der Waals surface area contributed by atoms with Gasteiger partial charge in [-0.1, -0.05) is 78.3 Å². The minimum Gasteiger partial charge on any atom is -0.416 e. The van der Waals surface area contributed by atoms with E-state index in [-0.39, 0.29) is 5.91 Å². The second-order valence-electron chi connectivity index (χ2n) is 6.99. The largest absolute Gasteiger partial charge is 0.416 e. The highest BCUT2D eigenvalue weighted by molar-refractivity contribution is 8.00. The summed E-state index contributed by atoms with van der Waals surface area (Å²) in [5, 5.41) is 11.6. The van der Waals surface area contributed by atoms with Crippen LogP contribution in [-0.2, 0) is 11.2 Å². The topological polar surface area (TPSA) is 68.0 Å². The van der Waals surface area contributed by atoms with Gasteiger partial charge < -0.3 is 9.73 Å². The molecule has 0 saturated carbocycles. The van der Waals surface area contributed by atoms with Crippen LogP contribution < -0.4 is 5.32 Å². The average Bonchev–Trinajstić information content (AvgIpc) is 3.23. The first kappa shape index (κ1) is 21.2. The van der Waals surface area contributed by atoms with E-state index >= 15 is 0 Å². The number of nitrogens with zero attached hydrogens (tertiary/aromatic N) is 2. The Labute approximate surface area is 189 Å². The Hall–Kier alpha value is -3.09. The van der Waals surface area contributed by atoms with Crippen molar-refractivity contribution in [2.45, 2.75) is 23.8 Å². The van der Waals surface area contributed by atoms with E-state index in [2.05, 4.69) is 15.5 Å². The van der Waals surface area contributed by atoms with Gasteiger partial charge in [0.2, 0.25) is 11.8 Å². The predicted molar refractivity (Wildman–Crippen MR) is 123 cm³/mol. The molecule has 1 atom stereocenters. The summed E-state index contributed by atoms with van der Waals surface area (Å²) >= 11 is 7.43. The van der Waals surface area contributed by atoms with Crippen LogP contribution in [0.2, 0.25) is 5.02 Å². The fraction of sp³-hybridized carbons (Fsp3) is 0.125. The Bertz CT molecular complexity index is 1170. The Balaban J connectivity index is 1.53. The smallest absolute Gasteiger partial charge is 0.277 e. The second kappa shape index (κ2) is 9.81. The molecule has 31 heavy (non-hydrogen) atoms. The zero-order valence-corrected chi connectivity index (χ0v) is 18.4. The fourth-order valence-corrected chi connectivity index (χ4v) is 4.08. The van der Waals surface area contributed by atoms with Gasteiger partial charge in [0, 0.05) is 10.7 Å². The summed E-state index contributed by atoms with van der Waals surface area (Å²) in [6.45, 7) is 1.92. The van der Waals surface area contributed by atoms with Crippen molar-refractivity contribution in [3.63, 3.8) is 0 Å². The highest BCUT2D eigenvalue weighted by Crippen LogP contribution is 2.36. The number of rotatable bonds is 7. The number of benzene rings is 3. The third-order valence-corrected chi connectivity index (χ3v) is 6.14. The monoisotopic (exact) mass is 449 g/mol. The van der Waals surface area contributed by atoms with Gasteiger partial charge in [0.05, 0.1) is 6.42 Å². The van der Waals surface area contributed by atoms with E-state index in [4.69, 9.17) is 16.0 Å². The number of thioether (sulfide) groups is 1. The van der Waals surface area contributed by atoms with Gasteiger partial charge in [0.15, 0.2) is 0 Å². The van der Waals surface area contributed by atoms with Gasteiger partial charge in [-0.15, -0.1) is 10.2 Å². The summed E-state index contributed by atoms with van der Waals surface area (Å²) in [5.74, 6) is 0.310. The number of anilines is 1. The Morgan fingerprint density at radius 2 is 1.74 bits per heavy atom. The number of amides is 1. The van der Waals surface area contributed by atoms with Crippen molar-refractivity contribution < 1.29 is 9.21 Å². The molecule has 5 nitrogen and oxygen atoms in total. The lowest BCUT2D eigenvalue weighted by Crippen LogP contribution is -2.19. The van der Waals surface area contributed by atoms with Gasteiger partial charge in [-0.25, -0.2) is 0 Å². The molecule has 0 saturated heterocycles. The summed E-state index contributed by atoms with van der Waals surface area (Å²) in [5.41, 5.74) is 3.50. The minimum absolute atomic E-state index is 0.195. The predicted octanol–water partition coefficient (Wildman–Crippen LogP) is 6.09. The summed E-state index contributed by atoms with van der Waals surface area (Å²) in [6, 6.07) is 24.9. The van der Waals surface area contributed by atoms with Crippen molar-refractivity contribution in [2.24, 2.45) is 0 Å². The molecule has 156 valence electrons. The molecule has 0 aliphatic carbocycles. The van der Waals surface area contributed by atoms with Crippen LogP contribution in [0.4, 0.5) is 5.69 Å². The molecule has 0 unspecified atom stereocenters. The molecule has 0 aliphatic heterocycles. The molecule has 0 fully saturated rings. The van der Waals surface area contributed by atoms with E-state index in [1.165, 1.54) is 11.8 Å². The van der Waals surface area contributed by atoms with Crippen LogP contribution in [0.15, 0.2) is 88.5 Å². The first-order valence-corrected chi connectivity index (χ1v) is 11.0. The van der Waals surface area contributed by atoms with Crippen molar-refractivity contribution in [1.29, 1.82) is 0 Å². The molecular weight excluding hydrogens is 430 g/mol. The van der Waals surface area contributed by atoms with E-state index < -0.39 is 5.25 Å². The maximum absolute atomic E-state index is 13.1. The highest BCUT2D eigenvalue weighted by atomic mass is 35.5. The molecule has 1 heterocycles. The number of aryl methyl sites for hydroxylation is 1. The number of nitrogens with one attached hydrogen (secondary N) is 1. The van der Waals surface area contributed by atoms with Crippen LogP contribution in [0.25, 0.3) is 0 Å². The third kappa shape index (κ3) is 5.54. The SMILES string of the molecule is Cc1ccc(NC(=O)[C@@H](Sc2nnc(Cc3ccccc3)o2)c2ccccc2)cc1Cl. The van der Waals surface area contributed by atoms with E-state index in [0.717, 1.165) is 16.7 Å². The third-order valence-electron chi connectivity index (χ3n) is 4.64. The molecule has 0 aliphatic rings. The molecule has 0 radical (unpaired) electrons. The Morgan fingerprint density at radius 1 is 1.03 bits per heavy atom. The molecule has 1 aromatic heterocycles. The molecule has 0 spiro atoms. The van der Waals surface area contributed by atoms with Gasteiger partial charge in [0.25, 0.3) is 5.22 Å². The van der Waals surface area contributed by atoms with Crippen LogP contribution in [0, 0.1) is 6.92 Å². The van der Waals surface area contributed by atoms with Gasteiger partial charge in [-0.2, -0.15) is 0 Å². The quantitative estimate of drug-likeness (QED) is 0.345. The van der Waals surface area contributed by atoms with Crippen LogP contribution in [0.3, 0.4) is 0 Å². The zero-order valence-electron chi connectivity index (χ0n) is 16.8. The van der Waals surface area contributed by atoms with Crippen LogP contribution >= 0.6 is 23.4 Å². The average molecular weight is 450 g/mol. The van der Waals surface area contributed by atoms with E-state index in [1.807, 2.05) is 79.7 Å². The highest BCUT2D eigenvalue weighted by Gasteiger charge is 2.25. The number of halogens is 1. The molecule has 1 N–H and O–H groups in total. The Morgan fingerprint density at radius 3 is 2.45 bits per heavy atom. The molecule has 7 heteroatoms. The van der Waals surface area contributed by atoms with Crippen molar-refractivity contribution in [3.8, 4) is 0 Å². The van der Waals surface area contributed by atoms with E-state index in [9.17, 15) is 4.79 Å². The Kier molecular flexibility index (Phi) is 6.70. The second-order valence-corrected chi connectivity index (χ2v) is 8.45. The molecular formula is C24H20ClN3O2S. The first-order valence-electron chi connectivity index (χ1n) is 9.73. The lowest BCUT2D eigenvalue weighted by Gasteiger charge is -2.15. The normalized spacial score (nSPS) is 11.8. The van der Waals surface area contributed by atoms with Gasteiger partial charge in [0.1, 0.15) is 5.25 Å². The van der Waals surface area contributed by atoms with Crippen LogP contribution in [0.1, 0.15) is 27.8 Å². The maximum Gasteiger partial charge on any atom is 0.277 e. The summed E-state index contributed by atoms with van der Waals surface area (Å²) in [7, 11) is 0. The first-order chi connectivity index (χ1) is 15.1. The lowest BCUT2D eigenvalue weighted by molar-refractivity contribution is -0.115. The number of aromatic nitrogens is 2. The summed E-state index contributed by atoms with van der Waals surface area (Å²) in [4.78, 5) is 13.1. The molecule has 4 aromatic rings. The lowest BCUT2D eigenvalue weighted by atomic mass is 10.1. The van der Waals surface area contributed by atoms with Crippen LogP contribution in [0.5, 0.6) is 0 Å². The summed E-state index contributed by atoms with van der Waals surface area (Å²) < 4.78 is 5.81. The van der Waals surface area contributed by atoms with Crippen LogP contribution in [-0.4, -0.2) is 16.1 Å². The van der Waals surface area contributed by atoms with Gasteiger partial charge >= 0.3 is 0 Å². The van der Waals surface area contributed by atoms with E-state index in [1.54, 1.807) is 6.07 Å². The number of hydrogen-bond acceptors (Lipinski definition) is 5. The number of hydrogen-bond donors (Lipinski definition) is 1.